The summed E-state index contributed by atoms with van der Waals surface area (Å²) in [5.41, 5.74) is 21.0. The van der Waals surface area contributed by atoms with Crippen molar-refractivity contribution in [3.8, 4) is 0 Å². The molecular weight excluding hydrogens is 1710 g/mol. The molecule has 5 fully saturated rings. The fourth-order valence-electron chi connectivity index (χ4n) is 13.9. The zero-order chi connectivity index (χ0) is 90.6. The van der Waals surface area contributed by atoms with Crippen LogP contribution in [0, 0.1) is 11.3 Å². The lowest BCUT2D eigenvalue weighted by atomic mass is 9.97. The number of nitrogens with two attached hydrogens (primary N) is 3. The number of carboxylic acids is 2. The highest BCUT2D eigenvalue weighted by molar-refractivity contribution is 8.77. The van der Waals surface area contributed by atoms with Gasteiger partial charge in [-0.05, 0) is 76.2 Å². The summed E-state index contributed by atoms with van der Waals surface area (Å²) in [6.07, 6.45) is 0.768. The minimum absolute atomic E-state index is 0.000716. The van der Waals surface area contributed by atoms with E-state index in [1.807, 2.05) is 48.5 Å². The third-order valence-electron chi connectivity index (χ3n) is 20.5. The van der Waals surface area contributed by atoms with Gasteiger partial charge in [-0.15, -0.1) is 0 Å². The number of anilines is 1. The Labute approximate surface area is 730 Å². The fraction of sp³-hybridized carbons (Fsp3) is 0.474. The number of carbonyl (C=O) groups excluding carboxylic acids is 16. The van der Waals surface area contributed by atoms with Crippen molar-refractivity contribution < 1.29 is 106 Å². The van der Waals surface area contributed by atoms with Gasteiger partial charge in [-0.1, -0.05) is 79.6 Å². The van der Waals surface area contributed by atoms with Crippen LogP contribution in [-0.2, 0) is 109 Å². The van der Waals surface area contributed by atoms with Crippen molar-refractivity contribution in [1.82, 2.24) is 83.6 Å². The molecule has 0 radical (unpaired) electrons. The minimum atomic E-state index is -1.74. The summed E-state index contributed by atoms with van der Waals surface area (Å²) in [7, 11) is 4.64. The van der Waals surface area contributed by atoms with Crippen LogP contribution in [0.1, 0.15) is 88.3 Å². The van der Waals surface area contributed by atoms with Gasteiger partial charge in [-0.25, -0.2) is 0 Å². The predicted molar refractivity (Wildman–Crippen MR) is 458 cm³/mol. The number of primary amides is 2. The van der Waals surface area contributed by atoms with Gasteiger partial charge in [0.1, 0.15) is 66.3 Å². The number of nitrogens with zero attached hydrogens (tertiary/aromatic N) is 2. The molecule has 0 spiro atoms. The number of fused-ring (bicyclic) bond motifs is 4. The second-order valence-electron chi connectivity index (χ2n) is 29.8. The summed E-state index contributed by atoms with van der Waals surface area (Å²) < 4.78 is 12.4. The molecule has 5 aromatic rings. The van der Waals surface area contributed by atoms with Gasteiger partial charge in [0, 0.05) is 131 Å². The quantitative estimate of drug-likeness (QED) is 0.0216. The summed E-state index contributed by atoms with van der Waals surface area (Å²) in [4.78, 5) is 245. The van der Waals surface area contributed by atoms with Gasteiger partial charge in [-0.2, -0.15) is 0 Å². The number of H-pyrrole nitrogens is 2. The first kappa shape index (κ1) is 96.8. The Bertz CT molecular complexity index is 4820. The third kappa shape index (κ3) is 29.3. The van der Waals surface area contributed by atoms with Gasteiger partial charge >= 0.3 is 11.9 Å². The van der Waals surface area contributed by atoms with Crippen LogP contribution in [0.5, 0.6) is 0 Å². The number of carboxylic acid groups (broad SMARTS) is 2. The van der Waals surface area contributed by atoms with E-state index >= 15 is 0 Å². The van der Waals surface area contributed by atoms with Crippen molar-refractivity contribution in [1.29, 1.82) is 5.41 Å². The van der Waals surface area contributed by atoms with Crippen molar-refractivity contribution >= 4 is 183 Å². The van der Waals surface area contributed by atoms with Crippen LogP contribution in [0.3, 0.4) is 0 Å². The number of aromatic nitrogens is 2. The number of nitrogens with one attached hydrogen (secondary N) is 16. The average Bonchev–Trinajstić information content (AvgIpc) is 1.67. The zero-order valence-corrected chi connectivity index (χ0v) is 71.2. The summed E-state index contributed by atoms with van der Waals surface area (Å²) >= 11 is 0. The fourth-order valence-corrected chi connectivity index (χ4v) is 18.2. The number of nitrogen functional groups attached to an aromatic ring is 1. The van der Waals surface area contributed by atoms with E-state index in [1.165, 1.54) is 58.7 Å². The SMILES string of the molecule is C[C@@H]1NC(=O)[C@H](CC(=O)O)NC(=O)CNC(=O)[C@H](CC(=O)Nc2ccc(C(=N)N)cc2)NC(=O)CCSSCC(C(N)=O)NC(=O)C2CC(OCc3c[nH]c4ccccc34)CN2C1=O.C[C@@H]1NC(=O)[C@H](CC(=O)O)NC(=O)CNC(=O)[C@H](CNC(=O)C2CCNCC2)NC(=O)CCSSCC(C(N)=O)NC(=O)C2CC(OCc3c[nH]c4ccccc34)CN2C1=O. The molecule has 3 aromatic carbocycles. The Hall–Kier alpha value is -12.1. The Morgan fingerprint density at radius 3 is 1.38 bits per heavy atom. The van der Waals surface area contributed by atoms with Crippen LogP contribution in [0.25, 0.3) is 21.8 Å². The Balaban J connectivity index is 0.000000283. The number of amidine groups is 1. The lowest BCUT2D eigenvalue weighted by molar-refractivity contribution is -0.143. The van der Waals surface area contributed by atoms with Gasteiger partial charge in [-0.3, -0.25) is 91.7 Å². The van der Waals surface area contributed by atoms with E-state index in [2.05, 4.69) is 79.1 Å². The number of amides is 16. The molecule has 12 atom stereocenters. The molecule has 125 heavy (non-hydrogen) atoms. The van der Waals surface area contributed by atoms with Crippen molar-refractivity contribution in [2.24, 2.45) is 23.1 Å². The summed E-state index contributed by atoms with van der Waals surface area (Å²) in [6.45, 7) is 2.18. The molecular formula is C78H101N21O22S4. The molecule has 24 N–H and O–H groups in total. The highest BCUT2D eigenvalue weighted by atomic mass is 33.1. The monoisotopic (exact) mass is 1810 g/mol. The van der Waals surface area contributed by atoms with Crippen molar-refractivity contribution in [2.75, 3.05) is 74.1 Å². The molecule has 0 bridgehead atoms. The lowest BCUT2D eigenvalue weighted by Crippen LogP contribution is -2.58. The molecule has 6 unspecified atom stereocenters. The molecule has 47 heteroatoms. The van der Waals surface area contributed by atoms with Crippen LogP contribution in [0.15, 0.2) is 85.2 Å². The van der Waals surface area contributed by atoms with Gasteiger partial charge < -0.3 is 126 Å². The molecule has 2 aromatic heterocycles. The molecule has 0 saturated carbocycles. The van der Waals surface area contributed by atoms with Crippen LogP contribution < -0.4 is 86.3 Å². The maximum atomic E-state index is 14.0. The number of ether oxygens (including phenoxy) is 2. The van der Waals surface area contributed by atoms with Crippen LogP contribution in [0.4, 0.5) is 5.69 Å². The second kappa shape index (κ2) is 47.2. The first-order chi connectivity index (χ1) is 59.7. The van der Waals surface area contributed by atoms with Crippen LogP contribution in [0.2, 0.25) is 0 Å². The van der Waals surface area contributed by atoms with Gasteiger partial charge in [0.25, 0.3) is 0 Å². The van der Waals surface area contributed by atoms with Crippen molar-refractivity contribution in [3.05, 3.63) is 102 Å². The average molecular weight is 1810 g/mol. The molecule has 0 aliphatic carbocycles. The molecule has 5 aliphatic rings. The first-order valence-corrected chi connectivity index (χ1v) is 44.8. The van der Waals surface area contributed by atoms with Gasteiger partial charge in [0.2, 0.25) is 94.5 Å². The lowest BCUT2D eigenvalue weighted by Gasteiger charge is -2.28. The smallest absolute Gasteiger partial charge is 0.305 e. The summed E-state index contributed by atoms with van der Waals surface area (Å²) in [6, 6.07) is 7.36. The number of carbonyl (C=O) groups is 18. The largest absolute Gasteiger partial charge is 0.481 e. The molecule has 10 rings (SSSR count). The molecule has 7 heterocycles. The Kier molecular flexibility index (Phi) is 36.5. The number of hydrogen-bond acceptors (Lipinski definition) is 26. The standard InChI is InChI=1S/C40H49N11O11S2.C38H52N10O11S2/c1-20-40(61)51-17-24(62-18-22-15-44-26-5-3-2-4-25(22)26)12-30(51)39(60)50-29(36(43)57)19-64-63-11-10-31(52)48-27(13-32(53)47-23-8-6-21(7-9-23)35(41)42)37(58)45-16-33(54)49-28(14-34(55)56)38(59)46-20;1-20-38(58)48-17-23(59-18-22-14-41-25-5-3-2-4-24(22)25)12-29(48)37(57)47-28(33(39)53)19-61-60-11-8-30(49)46-27(15-42-34(54)21-6-9-40-10-7-21)35(55)43-16-31(50)45-26(13-32(51)52)36(56)44-20/h2-9,15,20,24,27-30,44H,10-14,16-19H2,1H3,(H3,41,42)(H2,43,57)(H,45,58)(H,46,59)(H,47,53)(H,48,52)(H,49,54)(H,50,60)(H,55,56);2-5,14,20-21,23,26-29,40-41H,6-13,15-19H2,1H3,(H2,39,53)(H,42,54)(H,43,55)(H,44,56)(H,45,50)(H,46,49)(H,47,57)(H,51,52)/t20-,24?,27-,28-,29?,30?;20-,23?,26-,27-,28?,29?/m00/s1. The van der Waals surface area contributed by atoms with Crippen LogP contribution in [-0.4, -0.2) is 284 Å². The minimum Gasteiger partial charge on any atom is -0.481 e. The Morgan fingerprint density at radius 1 is 0.512 bits per heavy atom. The van der Waals surface area contributed by atoms with Gasteiger partial charge in [0.15, 0.2) is 0 Å². The molecule has 5 saturated heterocycles. The predicted octanol–water partition coefficient (Wildman–Crippen LogP) is -3.62. The van der Waals surface area contributed by atoms with Crippen LogP contribution >= 0.6 is 43.2 Å². The van der Waals surface area contributed by atoms with E-state index < -0.39 is 206 Å². The highest BCUT2D eigenvalue weighted by Crippen LogP contribution is 2.30. The zero-order valence-electron chi connectivity index (χ0n) is 68.0. The van der Waals surface area contributed by atoms with Gasteiger partial charge in [0.05, 0.1) is 57.8 Å². The second-order valence-corrected chi connectivity index (χ2v) is 35.0. The number of hydrogen-bond donors (Lipinski definition) is 21. The first-order valence-electron chi connectivity index (χ1n) is 39.8. The normalized spacial score (nSPS) is 24.7. The number of rotatable bonds is 19. The molecule has 43 nitrogen and oxygen atoms in total. The number of aromatic amines is 2. The maximum Gasteiger partial charge on any atom is 0.305 e. The summed E-state index contributed by atoms with van der Waals surface area (Å²) in [5, 5.41) is 61.2. The van der Waals surface area contributed by atoms with E-state index in [-0.39, 0.29) is 99.2 Å². The number of benzene rings is 3. The van der Waals surface area contributed by atoms with Crippen molar-refractivity contribution in [2.45, 2.75) is 157 Å². The molecule has 16 amide bonds. The number of piperidine rings is 1. The highest BCUT2D eigenvalue weighted by Gasteiger charge is 2.46. The topological polar surface area (TPSA) is 663 Å². The van der Waals surface area contributed by atoms with E-state index in [0.29, 0.717) is 37.2 Å². The van der Waals surface area contributed by atoms with E-state index in [4.69, 9.17) is 32.1 Å². The van der Waals surface area contributed by atoms with Crippen molar-refractivity contribution in [3.63, 3.8) is 0 Å². The van der Waals surface area contributed by atoms with E-state index in [0.717, 1.165) is 65.3 Å². The number of para-hydroxylation sites is 2. The maximum absolute atomic E-state index is 14.0. The Morgan fingerprint density at radius 2 is 0.936 bits per heavy atom. The molecule has 674 valence electrons. The van der Waals surface area contributed by atoms with E-state index in [9.17, 15) is 96.5 Å². The molecule has 5 aliphatic heterocycles. The number of aliphatic carboxylic acids is 2. The third-order valence-corrected chi connectivity index (χ3v) is 25.3. The van der Waals surface area contributed by atoms with E-state index in [1.54, 1.807) is 12.4 Å². The summed E-state index contributed by atoms with van der Waals surface area (Å²) in [5.74, 6) is -15.9.